The lowest BCUT2D eigenvalue weighted by atomic mass is 10.2. The molecule has 0 aromatic heterocycles. The second-order valence-corrected chi connectivity index (χ2v) is 9.29. The average molecular weight is 432 g/mol. The molecule has 0 aliphatic carbocycles. The molecule has 0 radical (unpaired) electrons. The SMILES string of the molecule is COc1c#cc(CN(C)CCCN2CCN(CCCN(CCN)CC(C)C)CC2)cc1. The molecule has 0 saturated carbocycles. The van der Waals surface area contributed by atoms with Gasteiger partial charge in [0.2, 0.25) is 0 Å². The molecule has 0 atom stereocenters. The molecule has 2 N–H and O–H groups in total. The number of ether oxygens (including phenoxy) is 1. The summed E-state index contributed by atoms with van der Waals surface area (Å²) in [6.07, 6.45) is 2.46. The highest BCUT2D eigenvalue weighted by atomic mass is 16.5. The van der Waals surface area contributed by atoms with Crippen molar-refractivity contribution in [3.05, 3.63) is 29.8 Å². The minimum atomic E-state index is 0.710. The zero-order valence-corrected chi connectivity index (χ0v) is 20.4. The molecule has 2 rings (SSSR count). The molecule has 0 spiro atoms. The second-order valence-electron chi connectivity index (χ2n) is 9.29. The van der Waals surface area contributed by atoms with Crippen LogP contribution in [0.2, 0.25) is 0 Å². The summed E-state index contributed by atoms with van der Waals surface area (Å²) >= 11 is 0. The maximum atomic E-state index is 5.77. The van der Waals surface area contributed by atoms with Gasteiger partial charge in [-0.1, -0.05) is 19.9 Å². The number of methoxy groups -OCH3 is 1. The van der Waals surface area contributed by atoms with Crippen LogP contribution < -0.4 is 10.5 Å². The van der Waals surface area contributed by atoms with Crippen LogP contribution in [0.1, 0.15) is 32.3 Å². The third kappa shape index (κ3) is 10.7. The summed E-state index contributed by atoms with van der Waals surface area (Å²) in [5.41, 5.74) is 6.94. The van der Waals surface area contributed by atoms with Gasteiger partial charge in [-0.05, 0) is 70.2 Å². The van der Waals surface area contributed by atoms with Crippen molar-refractivity contribution < 1.29 is 4.74 Å². The first-order valence-electron chi connectivity index (χ1n) is 12.0. The molecule has 6 nitrogen and oxygen atoms in total. The van der Waals surface area contributed by atoms with E-state index in [1.54, 1.807) is 7.11 Å². The first-order chi connectivity index (χ1) is 15.0. The summed E-state index contributed by atoms with van der Waals surface area (Å²) in [7, 11) is 3.85. The van der Waals surface area contributed by atoms with Gasteiger partial charge in [0.15, 0.2) is 5.75 Å². The molecular formula is C25H45N5O. The van der Waals surface area contributed by atoms with Gasteiger partial charge in [-0.3, -0.25) is 0 Å². The van der Waals surface area contributed by atoms with Crippen LogP contribution in [0.3, 0.4) is 0 Å². The van der Waals surface area contributed by atoms with Crippen molar-refractivity contribution in [2.75, 3.05) is 86.1 Å². The summed E-state index contributed by atoms with van der Waals surface area (Å²) in [5.74, 6) is 1.45. The number of hydrogen-bond acceptors (Lipinski definition) is 6. The Balaban J connectivity index is 1.55. The van der Waals surface area contributed by atoms with Crippen molar-refractivity contribution in [2.45, 2.75) is 33.2 Å². The molecule has 31 heavy (non-hydrogen) atoms. The Morgan fingerprint density at radius 2 is 1.65 bits per heavy atom. The third-order valence-corrected chi connectivity index (χ3v) is 5.94. The smallest absolute Gasteiger partial charge is 0.169 e. The molecule has 1 heterocycles. The molecule has 1 aromatic carbocycles. The van der Waals surface area contributed by atoms with Crippen molar-refractivity contribution in [1.29, 1.82) is 0 Å². The average Bonchev–Trinajstić information content (AvgIpc) is 2.75. The van der Waals surface area contributed by atoms with E-state index in [1.807, 2.05) is 6.07 Å². The van der Waals surface area contributed by atoms with Crippen molar-refractivity contribution in [3.8, 4) is 5.75 Å². The number of nitrogens with zero attached hydrogens (tertiary/aromatic N) is 4. The van der Waals surface area contributed by atoms with Crippen LogP contribution in [0, 0.1) is 18.1 Å². The first kappa shape index (κ1) is 25.9. The van der Waals surface area contributed by atoms with Gasteiger partial charge in [0.25, 0.3) is 0 Å². The molecule has 1 saturated heterocycles. The van der Waals surface area contributed by atoms with Crippen LogP contribution in [-0.4, -0.2) is 106 Å². The quantitative estimate of drug-likeness (QED) is 0.459. The summed E-state index contributed by atoms with van der Waals surface area (Å²) in [4.78, 5) is 10.2. The Labute approximate surface area is 191 Å². The van der Waals surface area contributed by atoms with Crippen LogP contribution in [0.5, 0.6) is 5.75 Å². The van der Waals surface area contributed by atoms with Gasteiger partial charge in [-0.15, -0.1) is 0 Å². The maximum Gasteiger partial charge on any atom is 0.169 e. The number of rotatable bonds is 15. The molecular weight excluding hydrogens is 386 g/mol. The Morgan fingerprint density at radius 1 is 1.00 bits per heavy atom. The lowest BCUT2D eigenvalue weighted by Crippen LogP contribution is -2.47. The zero-order chi connectivity index (χ0) is 22.5. The predicted molar refractivity (Wildman–Crippen MR) is 129 cm³/mol. The van der Waals surface area contributed by atoms with E-state index in [4.69, 9.17) is 10.5 Å². The summed E-state index contributed by atoms with van der Waals surface area (Å²) < 4.78 is 5.15. The van der Waals surface area contributed by atoms with Gasteiger partial charge in [0.1, 0.15) is 0 Å². The third-order valence-electron chi connectivity index (χ3n) is 5.94. The molecule has 176 valence electrons. The number of nitrogens with two attached hydrogens (primary N) is 1. The lowest BCUT2D eigenvalue weighted by Gasteiger charge is -2.35. The predicted octanol–water partition coefficient (Wildman–Crippen LogP) is 2.04. The Hall–Kier alpha value is -1.36. The Bertz CT molecular complexity index is 572. The van der Waals surface area contributed by atoms with E-state index in [9.17, 15) is 0 Å². The summed E-state index contributed by atoms with van der Waals surface area (Å²) in [5, 5.41) is 0. The second kappa shape index (κ2) is 14.7. The standard InChI is InChI=1S/C25H45N5O/c1-23(2)21-30(16-11-26)15-6-14-29-19-17-28(18-20-29)13-5-12-27(3)22-24-7-9-25(31-4)10-8-24/h7,9,23H,5-6,11-22,26H2,1-4H3. The normalized spacial score (nSPS) is 15.7. The fourth-order valence-corrected chi connectivity index (χ4v) is 4.29. The van der Waals surface area contributed by atoms with E-state index in [2.05, 4.69) is 58.7 Å². The molecule has 1 aliphatic heterocycles. The topological polar surface area (TPSA) is 48.2 Å². The molecule has 6 heteroatoms. The Kier molecular flexibility index (Phi) is 12.2. The highest BCUT2D eigenvalue weighted by Crippen LogP contribution is 2.09. The first-order valence-corrected chi connectivity index (χ1v) is 12.0. The maximum absolute atomic E-state index is 5.77. The van der Waals surface area contributed by atoms with Gasteiger partial charge in [-0.25, -0.2) is 0 Å². The summed E-state index contributed by atoms with van der Waals surface area (Å²) in [6.45, 7) is 17.9. The minimum absolute atomic E-state index is 0.710. The van der Waals surface area contributed by atoms with Gasteiger partial charge in [-0.2, -0.15) is 0 Å². The van der Waals surface area contributed by atoms with Crippen LogP contribution >= 0.6 is 0 Å². The van der Waals surface area contributed by atoms with Crippen molar-refractivity contribution in [3.63, 3.8) is 0 Å². The molecule has 0 bridgehead atoms. The molecule has 0 unspecified atom stereocenters. The highest BCUT2D eigenvalue weighted by Gasteiger charge is 2.16. The van der Waals surface area contributed by atoms with Crippen LogP contribution in [-0.2, 0) is 6.54 Å². The van der Waals surface area contributed by atoms with E-state index in [0.29, 0.717) is 5.92 Å². The molecule has 1 aromatic rings. The lowest BCUT2D eigenvalue weighted by molar-refractivity contribution is 0.122. The fraction of sp³-hybridized carbons (Fsp3) is 0.760. The van der Waals surface area contributed by atoms with E-state index in [-0.39, 0.29) is 0 Å². The van der Waals surface area contributed by atoms with Crippen molar-refractivity contribution in [2.24, 2.45) is 11.7 Å². The van der Waals surface area contributed by atoms with Gasteiger partial charge in [0.05, 0.1) is 7.11 Å². The van der Waals surface area contributed by atoms with Crippen LogP contribution in [0.25, 0.3) is 0 Å². The van der Waals surface area contributed by atoms with E-state index in [0.717, 1.165) is 44.0 Å². The minimum Gasteiger partial charge on any atom is -0.489 e. The van der Waals surface area contributed by atoms with Crippen molar-refractivity contribution in [1.82, 2.24) is 19.6 Å². The van der Waals surface area contributed by atoms with Gasteiger partial charge < -0.3 is 30.1 Å². The largest absolute Gasteiger partial charge is 0.489 e. The Morgan fingerprint density at radius 3 is 2.16 bits per heavy atom. The van der Waals surface area contributed by atoms with E-state index >= 15 is 0 Å². The monoisotopic (exact) mass is 431 g/mol. The summed E-state index contributed by atoms with van der Waals surface area (Å²) in [6, 6.07) is 10.3. The van der Waals surface area contributed by atoms with Crippen molar-refractivity contribution >= 4 is 0 Å². The van der Waals surface area contributed by atoms with Crippen LogP contribution in [0.4, 0.5) is 0 Å². The number of hydrogen-bond donors (Lipinski definition) is 1. The van der Waals surface area contributed by atoms with E-state index < -0.39 is 0 Å². The van der Waals surface area contributed by atoms with Gasteiger partial charge in [0, 0.05) is 57.9 Å². The highest BCUT2D eigenvalue weighted by molar-refractivity contribution is 5.20. The van der Waals surface area contributed by atoms with Gasteiger partial charge >= 0.3 is 0 Å². The molecule has 0 amide bonds. The number of piperazine rings is 1. The van der Waals surface area contributed by atoms with E-state index in [1.165, 1.54) is 58.7 Å². The zero-order valence-electron chi connectivity index (χ0n) is 20.4. The molecule has 1 fully saturated rings. The van der Waals surface area contributed by atoms with Crippen LogP contribution in [0.15, 0.2) is 12.1 Å². The molecule has 1 aliphatic rings. The fourth-order valence-electron chi connectivity index (χ4n) is 4.29.